The van der Waals surface area contributed by atoms with Crippen LogP contribution in [-0.2, 0) is 16.6 Å². The van der Waals surface area contributed by atoms with Crippen LogP contribution in [0, 0.1) is 11.6 Å². The van der Waals surface area contributed by atoms with E-state index in [9.17, 15) is 30.8 Å². The van der Waals surface area contributed by atoms with Crippen molar-refractivity contribution in [3.63, 3.8) is 0 Å². The number of alkyl halides is 2. The molecule has 3 rings (SSSR count). The monoisotopic (exact) mass is 461 g/mol. The van der Waals surface area contributed by atoms with Crippen molar-refractivity contribution in [2.45, 2.75) is 18.1 Å². The lowest BCUT2D eigenvalue weighted by Crippen LogP contribution is -2.53. The normalized spacial score (nSPS) is 15.2. The summed E-state index contributed by atoms with van der Waals surface area (Å²) in [5.41, 5.74) is 0.536. The molecule has 2 aromatic rings. The molecule has 1 heterocycles. The van der Waals surface area contributed by atoms with Crippen molar-refractivity contribution in [3.8, 4) is 5.75 Å². The van der Waals surface area contributed by atoms with Crippen LogP contribution in [-0.4, -0.2) is 56.4 Å². The molecule has 0 bridgehead atoms. The first-order valence-corrected chi connectivity index (χ1v) is 10.6. The third-order valence-electron chi connectivity index (χ3n) is 4.60. The lowest BCUT2D eigenvalue weighted by atomic mass is 10.2. The number of ether oxygens (including phenoxy) is 1. The number of nitrogens with zero attached hydrogens (tertiary/aromatic N) is 2. The largest absolute Gasteiger partial charge is 0.435 e. The van der Waals surface area contributed by atoms with E-state index in [2.05, 4.69) is 10.1 Å². The van der Waals surface area contributed by atoms with Gasteiger partial charge in [-0.05, 0) is 35.9 Å². The van der Waals surface area contributed by atoms with Crippen molar-refractivity contribution < 1.29 is 35.5 Å². The molecule has 0 aliphatic carbocycles. The van der Waals surface area contributed by atoms with Crippen LogP contribution in [0.5, 0.6) is 5.75 Å². The second-order valence-electron chi connectivity index (χ2n) is 6.65. The average molecular weight is 461 g/mol. The van der Waals surface area contributed by atoms with Gasteiger partial charge in [0.25, 0.3) is 0 Å². The summed E-state index contributed by atoms with van der Waals surface area (Å²) in [6.45, 7) is -3.02. The third kappa shape index (κ3) is 5.64. The molecular weight excluding hydrogens is 442 g/mol. The van der Waals surface area contributed by atoms with Gasteiger partial charge in [-0.15, -0.1) is 0 Å². The Hall–Kier alpha value is -2.86. The molecule has 7 nitrogen and oxygen atoms in total. The van der Waals surface area contributed by atoms with Gasteiger partial charge in [0.2, 0.25) is 10.0 Å². The first-order valence-electron chi connectivity index (χ1n) is 9.18. The average Bonchev–Trinajstić information content (AvgIpc) is 2.73. The topological polar surface area (TPSA) is 79.0 Å². The Morgan fingerprint density at radius 2 is 1.77 bits per heavy atom. The maximum atomic E-state index is 13.9. The van der Waals surface area contributed by atoms with E-state index in [0.29, 0.717) is 11.6 Å². The van der Waals surface area contributed by atoms with Gasteiger partial charge in [-0.2, -0.15) is 13.1 Å². The third-order valence-corrected chi connectivity index (χ3v) is 6.52. The van der Waals surface area contributed by atoms with Crippen LogP contribution in [0.2, 0.25) is 0 Å². The number of halogens is 4. The Kier molecular flexibility index (Phi) is 7.01. The fourth-order valence-electron chi connectivity index (χ4n) is 3.07. The summed E-state index contributed by atoms with van der Waals surface area (Å²) in [7, 11) is -4.25. The maximum absolute atomic E-state index is 13.9. The molecule has 12 heteroatoms. The standard InChI is InChI=1S/C19H19F4N3O4S/c20-14-4-5-16(21)17(11-14)31(28,29)26-8-6-25(7-9-26)19(27)24-12-13-2-1-3-15(10-13)30-18(22)23/h1-5,10-11,18H,6-9,12H2,(H,24,27). The molecule has 2 aromatic carbocycles. The van der Waals surface area contributed by atoms with Crippen molar-refractivity contribution in [2.75, 3.05) is 26.2 Å². The summed E-state index contributed by atoms with van der Waals surface area (Å²) in [6.07, 6.45) is 0. The summed E-state index contributed by atoms with van der Waals surface area (Å²) in [4.78, 5) is 13.0. The Labute approximate surface area is 176 Å². The molecule has 1 fully saturated rings. The number of urea groups is 1. The Morgan fingerprint density at radius 3 is 2.45 bits per heavy atom. The first kappa shape index (κ1) is 22.8. The highest BCUT2D eigenvalue weighted by atomic mass is 32.2. The van der Waals surface area contributed by atoms with Gasteiger partial charge >= 0.3 is 12.6 Å². The zero-order chi connectivity index (χ0) is 22.6. The quantitative estimate of drug-likeness (QED) is 0.672. The van der Waals surface area contributed by atoms with Crippen LogP contribution in [0.15, 0.2) is 47.4 Å². The molecular formula is C19H19F4N3O4S. The number of benzene rings is 2. The lowest BCUT2D eigenvalue weighted by Gasteiger charge is -2.34. The van der Waals surface area contributed by atoms with Crippen molar-refractivity contribution in [2.24, 2.45) is 0 Å². The number of rotatable bonds is 6. The molecule has 0 unspecified atom stereocenters. The Balaban J connectivity index is 1.56. The summed E-state index contributed by atoms with van der Waals surface area (Å²) in [5, 5.41) is 2.62. The van der Waals surface area contributed by atoms with Gasteiger partial charge in [0.1, 0.15) is 22.3 Å². The number of carbonyl (C=O) groups is 1. The predicted molar refractivity (Wildman–Crippen MR) is 102 cm³/mol. The van der Waals surface area contributed by atoms with Gasteiger partial charge in [-0.1, -0.05) is 12.1 Å². The number of hydrogen-bond donors (Lipinski definition) is 1. The van der Waals surface area contributed by atoms with E-state index in [0.717, 1.165) is 16.4 Å². The number of nitrogens with one attached hydrogen (secondary N) is 1. The van der Waals surface area contributed by atoms with Gasteiger partial charge in [0.15, 0.2) is 0 Å². The second-order valence-corrected chi connectivity index (χ2v) is 8.56. The molecule has 168 valence electrons. The van der Waals surface area contributed by atoms with E-state index in [-0.39, 0.29) is 38.5 Å². The summed E-state index contributed by atoms with van der Waals surface area (Å²) >= 11 is 0. The van der Waals surface area contributed by atoms with Gasteiger partial charge in [-0.3, -0.25) is 0 Å². The summed E-state index contributed by atoms with van der Waals surface area (Å²) < 4.78 is 82.3. The van der Waals surface area contributed by atoms with Crippen LogP contribution in [0.1, 0.15) is 5.56 Å². The Bertz CT molecular complexity index is 1040. The van der Waals surface area contributed by atoms with Crippen LogP contribution in [0.3, 0.4) is 0 Å². The molecule has 0 spiro atoms. The number of hydrogen-bond acceptors (Lipinski definition) is 4. The fourth-order valence-corrected chi connectivity index (χ4v) is 4.56. The molecule has 2 amide bonds. The summed E-state index contributed by atoms with van der Waals surface area (Å²) in [5.74, 6) is -1.97. The molecule has 31 heavy (non-hydrogen) atoms. The Morgan fingerprint density at radius 1 is 1.06 bits per heavy atom. The van der Waals surface area contributed by atoms with Crippen LogP contribution >= 0.6 is 0 Å². The van der Waals surface area contributed by atoms with Gasteiger partial charge in [-0.25, -0.2) is 22.0 Å². The van der Waals surface area contributed by atoms with Gasteiger partial charge in [0, 0.05) is 32.7 Å². The molecule has 0 aromatic heterocycles. The van der Waals surface area contributed by atoms with Gasteiger partial charge in [0.05, 0.1) is 0 Å². The molecule has 0 saturated carbocycles. The predicted octanol–water partition coefficient (Wildman–Crippen LogP) is 2.78. The van der Waals surface area contributed by atoms with Crippen LogP contribution in [0.4, 0.5) is 22.4 Å². The first-order chi connectivity index (χ1) is 14.7. The molecule has 1 aliphatic heterocycles. The van der Waals surface area contributed by atoms with E-state index >= 15 is 0 Å². The van der Waals surface area contributed by atoms with E-state index in [4.69, 9.17) is 0 Å². The maximum Gasteiger partial charge on any atom is 0.387 e. The minimum absolute atomic E-state index is 0.0369. The number of carbonyl (C=O) groups excluding carboxylic acids is 1. The minimum Gasteiger partial charge on any atom is -0.435 e. The molecule has 1 saturated heterocycles. The summed E-state index contributed by atoms with van der Waals surface area (Å²) in [6, 6.07) is 7.57. The van der Waals surface area contributed by atoms with Crippen molar-refractivity contribution in [1.82, 2.24) is 14.5 Å². The van der Waals surface area contributed by atoms with Crippen LogP contribution in [0.25, 0.3) is 0 Å². The zero-order valence-electron chi connectivity index (χ0n) is 16.1. The molecule has 0 radical (unpaired) electrons. The SMILES string of the molecule is O=C(NCc1cccc(OC(F)F)c1)N1CCN(S(=O)(=O)c2cc(F)ccc2F)CC1. The molecule has 0 atom stereocenters. The van der Waals surface area contributed by atoms with Crippen LogP contribution < -0.4 is 10.1 Å². The molecule has 1 N–H and O–H groups in total. The van der Waals surface area contributed by atoms with E-state index in [1.54, 1.807) is 6.07 Å². The second kappa shape index (κ2) is 9.52. The highest BCUT2D eigenvalue weighted by Gasteiger charge is 2.32. The fraction of sp³-hybridized carbons (Fsp3) is 0.316. The van der Waals surface area contributed by atoms with Crippen molar-refractivity contribution in [1.29, 1.82) is 0 Å². The van der Waals surface area contributed by atoms with Crippen molar-refractivity contribution >= 4 is 16.1 Å². The van der Waals surface area contributed by atoms with Crippen molar-refractivity contribution in [3.05, 3.63) is 59.7 Å². The van der Waals surface area contributed by atoms with E-state index < -0.39 is 39.2 Å². The van der Waals surface area contributed by atoms with Gasteiger partial charge < -0.3 is 15.0 Å². The zero-order valence-corrected chi connectivity index (χ0v) is 16.9. The highest BCUT2D eigenvalue weighted by molar-refractivity contribution is 7.89. The number of sulfonamides is 1. The van der Waals surface area contributed by atoms with E-state index in [1.165, 1.54) is 23.1 Å². The number of piperazine rings is 1. The minimum atomic E-state index is -4.25. The lowest BCUT2D eigenvalue weighted by molar-refractivity contribution is -0.0498. The number of amides is 2. The smallest absolute Gasteiger partial charge is 0.387 e. The molecule has 1 aliphatic rings. The highest BCUT2D eigenvalue weighted by Crippen LogP contribution is 2.22. The van der Waals surface area contributed by atoms with E-state index in [1.807, 2.05) is 0 Å².